The van der Waals surface area contributed by atoms with Crippen LogP contribution in [0, 0.1) is 11.8 Å². The van der Waals surface area contributed by atoms with Crippen LogP contribution in [0.5, 0.6) is 5.75 Å². The van der Waals surface area contributed by atoms with Crippen LogP contribution in [0.3, 0.4) is 0 Å². The van der Waals surface area contributed by atoms with E-state index < -0.39 is 15.9 Å². The van der Waals surface area contributed by atoms with Crippen LogP contribution in [0.15, 0.2) is 60.0 Å². The van der Waals surface area contributed by atoms with E-state index in [1.54, 1.807) is 19.1 Å². The summed E-state index contributed by atoms with van der Waals surface area (Å²) in [6.07, 6.45) is 8.91. The number of nitrogens with zero attached hydrogens (tertiary/aromatic N) is 3. The Morgan fingerprint density at radius 3 is 2.76 bits per heavy atom. The highest BCUT2D eigenvalue weighted by Crippen LogP contribution is 2.47. The van der Waals surface area contributed by atoms with E-state index in [1.165, 1.54) is 30.6 Å². The third kappa shape index (κ3) is 7.18. The first kappa shape index (κ1) is 34.2. The number of hydrogen-bond donors (Lipinski definition) is 0. The average molecular weight is 710 g/mol. The van der Waals surface area contributed by atoms with Gasteiger partial charge in [0.15, 0.2) is 0 Å². The molecule has 0 unspecified atom stereocenters. The summed E-state index contributed by atoms with van der Waals surface area (Å²) in [6.45, 7) is 4.48. The van der Waals surface area contributed by atoms with Crippen molar-refractivity contribution in [1.29, 1.82) is 0 Å². The number of aromatic nitrogens is 2. The van der Waals surface area contributed by atoms with E-state index in [0.717, 1.165) is 74.5 Å². The summed E-state index contributed by atoms with van der Waals surface area (Å²) in [5.74, 6) is 0.934. The molecule has 1 saturated carbocycles. The predicted octanol–water partition coefficient (Wildman–Crippen LogP) is 5.84. The molecule has 1 aromatic heterocycles. The van der Waals surface area contributed by atoms with Crippen molar-refractivity contribution in [2.45, 2.75) is 80.8 Å². The third-order valence-electron chi connectivity index (χ3n) is 10.8. The number of esters is 1. The molecule has 262 valence electrons. The van der Waals surface area contributed by atoms with E-state index in [1.807, 2.05) is 18.2 Å². The van der Waals surface area contributed by atoms with E-state index in [-0.39, 0.29) is 34.5 Å². The minimum atomic E-state index is -3.66. The van der Waals surface area contributed by atoms with Crippen LogP contribution in [0.4, 0.5) is 5.69 Å². The molecule has 2 aromatic carbocycles. The van der Waals surface area contributed by atoms with E-state index in [4.69, 9.17) is 30.5 Å². The van der Waals surface area contributed by atoms with Gasteiger partial charge < -0.3 is 23.8 Å². The Bertz CT molecular complexity index is 1780. The minimum Gasteiger partial charge on any atom is -0.490 e. The molecule has 10 nitrogen and oxygen atoms in total. The molecule has 0 bridgehead atoms. The topological polar surface area (TPSA) is 117 Å². The summed E-state index contributed by atoms with van der Waals surface area (Å²) in [5.41, 5.74) is 3.77. The van der Waals surface area contributed by atoms with Crippen LogP contribution in [-0.4, -0.2) is 81.8 Å². The lowest BCUT2D eigenvalue weighted by molar-refractivity contribution is -0.126. The van der Waals surface area contributed by atoms with Crippen molar-refractivity contribution >= 4 is 33.1 Å². The first-order valence-corrected chi connectivity index (χ1v) is 19.3. The molecule has 3 heterocycles. The van der Waals surface area contributed by atoms with E-state index >= 15 is 0 Å². The number of sulfone groups is 1. The Morgan fingerprint density at radius 2 is 1.98 bits per heavy atom. The van der Waals surface area contributed by atoms with Gasteiger partial charge in [-0.15, -0.1) is 0 Å². The van der Waals surface area contributed by atoms with Crippen LogP contribution >= 0.6 is 11.6 Å². The molecular formula is C37H44ClN3O7S. The fraction of sp³-hybridized carbons (Fsp3) is 0.541. The fourth-order valence-corrected chi connectivity index (χ4v) is 9.85. The maximum atomic E-state index is 12.9. The summed E-state index contributed by atoms with van der Waals surface area (Å²) in [5, 5.41) is 0.579. The summed E-state index contributed by atoms with van der Waals surface area (Å²) >= 11 is 6.44. The maximum absolute atomic E-state index is 12.9. The molecule has 2 fully saturated rings. The Labute approximate surface area is 293 Å². The second-order valence-corrected chi connectivity index (χ2v) is 16.5. The van der Waals surface area contributed by atoms with E-state index in [0.29, 0.717) is 30.6 Å². The molecule has 1 spiro atoms. The Morgan fingerprint density at radius 1 is 1.14 bits per heavy atom. The van der Waals surface area contributed by atoms with Crippen LogP contribution in [0.25, 0.3) is 0 Å². The summed E-state index contributed by atoms with van der Waals surface area (Å²) in [6, 6.07) is 13.4. The number of methoxy groups -OCH3 is 1. The van der Waals surface area contributed by atoms with Crippen molar-refractivity contribution in [3.63, 3.8) is 0 Å². The highest BCUT2D eigenvalue weighted by molar-refractivity contribution is 7.91. The van der Waals surface area contributed by atoms with Gasteiger partial charge in [0.05, 0.1) is 49.0 Å². The number of benzene rings is 2. The molecular weight excluding hydrogens is 666 g/mol. The largest absolute Gasteiger partial charge is 0.490 e. The minimum absolute atomic E-state index is 0.0226. The fourth-order valence-electron chi connectivity index (χ4n) is 8.37. The molecule has 2 aliphatic heterocycles. The van der Waals surface area contributed by atoms with E-state index in [2.05, 4.69) is 27.0 Å². The molecule has 49 heavy (non-hydrogen) atoms. The van der Waals surface area contributed by atoms with Gasteiger partial charge in [0.2, 0.25) is 15.0 Å². The van der Waals surface area contributed by atoms with Gasteiger partial charge in [-0.1, -0.05) is 17.7 Å². The van der Waals surface area contributed by atoms with Crippen molar-refractivity contribution < 1.29 is 32.2 Å². The summed E-state index contributed by atoms with van der Waals surface area (Å²) in [7, 11) is -2.26. The molecule has 12 heteroatoms. The second kappa shape index (κ2) is 14.2. The van der Waals surface area contributed by atoms with Crippen molar-refractivity contribution in [1.82, 2.24) is 9.97 Å². The molecule has 3 aromatic rings. The van der Waals surface area contributed by atoms with Crippen molar-refractivity contribution in [2.75, 3.05) is 44.1 Å². The first-order chi connectivity index (χ1) is 23.6. The smallest absolute Gasteiger partial charge is 0.337 e. The van der Waals surface area contributed by atoms with Gasteiger partial charge in [-0.05, 0) is 105 Å². The molecule has 0 radical (unpaired) electrons. The Kier molecular flexibility index (Phi) is 9.89. The molecule has 7 rings (SSSR count). The molecule has 0 N–H and O–H groups in total. The molecule has 2 aliphatic carbocycles. The number of carbonyl (C=O) groups is 1. The standard InChI is InChI=1S/C37H44ClN3O7S/c1-24(21-49(43,44)36-39-14-4-15-40-36)48-29-12-16-46-34(19-29)30-9-6-27(30)20-41-22-37(13-3-5-25-17-28(38)8-10-31(25)37)23-47-33-11-7-26(18-32(33)41)35(42)45-2/h4,7-8,10-11,14-15,17-18,24,27,29-30,34H,3,5-6,9,12-13,16,19-23H2,1-2H3/t24-,27+,29+,30-,34-,37+/m1/s1. The zero-order chi connectivity index (χ0) is 34.2. The zero-order valence-corrected chi connectivity index (χ0v) is 29.6. The van der Waals surface area contributed by atoms with Gasteiger partial charge in [-0.2, -0.15) is 0 Å². The Balaban J connectivity index is 1.08. The number of halogens is 1. The van der Waals surface area contributed by atoms with Crippen molar-refractivity contribution in [3.05, 3.63) is 76.6 Å². The normalized spacial score (nSPS) is 27.2. The summed E-state index contributed by atoms with van der Waals surface area (Å²) in [4.78, 5) is 22.9. The summed E-state index contributed by atoms with van der Waals surface area (Å²) < 4.78 is 50.1. The van der Waals surface area contributed by atoms with Crippen LogP contribution in [0.1, 0.15) is 66.9 Å². The van der Waals surface area contributed by atoms with Gasteiger partial charge in [0.1, 0.15) is 5.75 Å². The van der Waals surface area contributed by atoms with Gasteiger partial charge >= 0.3 is 5.97 Å². The highest BCUT2D eigenvalue weighted by Gasteiger charge is 2.45. The van der Waals surface area contributed by atoms with Crippen molar-refractivity contribution in [3.8, 4) is 5.75 Å². The number of hydrogen-bond acceptors (Lipinski definition) is 10. The lowest BCUT2D eigenvalue weighted by Gasteiger charge is -2.48. The maximum Gasteiger partial charge on any atom is 0.337 e. The number of aryl methyl sites for hydroxylation is 1. The molecule has 0 amide bonds. The van der Waals surface area contributed by atoms with Gasteiger partial charge in [0.25, 0.3) is 0 Å². The SMILES string of the molecule is COC(=O)c1ccc2c(c1)N(C[C@@H]1CC[C@H]1[C@H]1C[C@@H](O[C@H](C)CS(=O)(=O)c3ncccn3)CCO1)C[C@@]1(CCCc3cc(Cl)ccc31)CO2. The monoisotopic (exact) mass is 709 g/mol. The van der Waals surface area contributed by atoms with Crippen molar-refractivity contribution in [2.24, 2.45) is 11.8 Å². The average Bonchev–Trinajstić information content (AvgIpc) is 3.23. The van der Waals surface area contributed by atoms with Crippen LogP contribution < -0.4 is 9.64 Å². The van der Waals surface area contributed by atoms with E-state index in [9.17, 15) is 13.2 Å². The quantitative estimate of drug-likeness (QED) is 0.198. The van der Waals surface area contributed by atoms with Gasteiger partial charge in [-0.25, -0.2) is 23.2 Å². The number of ether oxygens (including phenoxy) is 4. The number of rotatable bonds is 9. The predicted molar refractivity (Wildman–Crippen MR) is 185 cm³/mol. The molecule has 4 aliphatic rings. The van der Waals surface area contributed by atoms with Gasteiger partial charge in [-0.3, -0.25) is 0 Å². The lowest BCUT2D eigenvalue weighted by Crippen LogP contribution is -2.51. The number of carbonyl (C=O) groups excluding carboxylic acids is 1. The first-order valence-electron chi connectivity index (χ1n) is 17.3. The number of fused-ring (bicyclic) bond motifs is 3. The van der Waals surface area contributed by atoms with Gasteiger partial charge in [0, 0.05) is 48.9 Å². The Hall–Kier alpha value is -3.25. The lowest BCUT2D eigenvalue weighted by atomic mass is 9.67. The second-order valence-electron chi connectivity index (χ2n) is 14.1. The van der Waals surface area contributed by atoms with Crippen LogP contribution in [-0.2, 0) is 35.9 Å². The highest BCUT2D eigenvalue weighted by atomic mass is 35.5. The van der Waals surface area contributed by atoms with Crippen LogP contribution in [0.2, 0.25) is 5.02 Å². The molecule has 1 saturated heterocycles. The third-order valence-corrected chi connectivity index (χ3v) is 12.7. The zero-order valence-electron chi connectivity index (χ0n) is 28.1. The number of anilines is 1. The molecule has 6 atom stereocenters.